The normalized spacial score (nSPS) is 11.6. The molecule has 0 unspecified atom stereocenters. The fraction of sp³-hybridized carbons (Fsp3) is 0.550. The number of ether oxygens (including phenoxy) is 1. The Morgan fingerprint density at radius 1 is 1.32 bits per heavy atom. The van der Waals surface area contributed by atoms with Gasteiger partial charge in [0, 0.05) is 31.6 Å². The van der Waals surface area contributed by atoms with Gasteiger partial charge in [0.25, 0.3) is 0 Å². The first kappa shape index (κ1) is 22.1. The van der Waals surface area contributed by atoms with Crippen molar-refractivity contribution in [1.82, 2.24) is 25.0 Å². The molecule has 1 amide bonds. The van der Waals surface area contributed by atoms with Crippen LogP contribution in [0.4, 0.5) is 0 Å². The molecule has 0 aliphatic heterocycles. The number of hydrogen-bond donors (Lipinski definition) is 2. The molecule has 0 saturated carbocycles. The third kappa shape index (κ3) is 6.45. The van der Waals surface area contributed by atoms with Crippen molar-refractivity contribution in [3.05, 3.63) is 29.0 Å². The molecule has 0 aliphatic rings. The maximum absolute atomic E-state index is 12.3. The van der Waals surface area contributed by atoms with Crippen LogP contribution in [0.3, 0.4) is 0 Å². The monoisotopic (exact) mass is 405 g/mol. The van der Waals surface area contributed by atoms with Gasteiger partial charge in [0.1, 0.15) is 5.75 Å². The number of rotatable bonds is 10. The minimum absolute atomic E-state index is 0.00701. The number of nitrogens with one attached hydrogen (secondary N) is 2. The molecule has 8 heteroatoms. The molecule has 2 N–H and O–H groups in total. The number of nitrogens with zero attached hydrogens (tertiary/aromatic N) is 3. The van der Waals surface area contributed by atoms with E-state index in [0.717, 1.165) is 17.9 Å². The van der Waals surface area contributed by atoms with E-state index in [2.05, 4.69) is 34.3 Å². The smallest absolute Gasteiger partial charge is 0.221 e. The van der Waals surface area contributed by atoms with E-state index in [4.69, 9.17) is 17.0 Å². The second-order valence-corrected chi connectivity index (χ2v) is 8.28. The van der Waals surface area contributed by atoms with E-state index in [-0.39, 0.29) is 11.3 Å². The highest BCUT2D eigenvalue weighted by molar-refractivity contribution is 7.71. The second kappa shape index (κ2) is 9.84. The number of aromatic amines is 1. The summed E-state index contributed by atoms with van der Waals surface area (Å²) in [5.41, 5.74) is 0.932. The van der Waals surface area contributed by atoms with Crippen molar-refractivity contribution < 1.29 is 9.53 Å². The van der Waals surface area contributed by atoms with Gasteiger partial charge in [-0.2, -0.15) is 5.10 Å². The molecule has 0 atom stereocenters. The molecule has 0 fully saturated rings. The Morgan fingerprint density at radius 3 is 2.61 bits per heavy atom. The number of carbonyl (C=O) groups is 1. The average Bonchev–Trinajstić information content (AvgIpc) is 2.99. The third-order valence-electron chi connectivity index (χ3n) is 4.25. The van der Waals surface area contributed by atoms with Gasteiger partial charge in [0.05, 0.1) is 6.61 Å². The SMILES string of the molecule is CCOc1ccc(-c2n[nH]c(=S)n2CCC(=O)NCC(C)(C)CN(C)C)cc1. The van der Waals surface area contributed by atoms with Crippen molar-refractivity contribution in [2.45, 2.75) is 33.7 Å². The number of aromatic nitrogens is 3. The van der Waals surface area contributed by atoms with Crippen LogP contribution in [0.1, 0.15) is 27.2 Å². The largest absolute Gasteiger partial charge is 0.494 e. The summed E-state index contributed by atoms with van der Waals surface area (Å²) < 4.78 is 7.84. The van der Waals surface area contributed by atoms with Crippen LogP contribution in [0, 0.1) is 10.2 Å². The lowest BCUT2D eigenvalue weighted by molar-refractivity contribution is -0.121. The van der Waals surface area contributed by atoms with E-state index in [9.17, 15) is 4.79 Å². The fourth-order valence-corrected chi connectivity index (χ4v) is 3.39. The molecule has 0 spiro atoms. The number of amides is 1. The summed E-state index contributed by atoms with van der Waals surface area (Å²) in [6.07, 6.45) is 0.343. The topological polar surface area (TPSA) is 75.2 Å². The highest BCUT2D eigenvalue weighted by atomic mass is 32.1. The molecule has 154 valence electrons. The first-order chi connectivity index (χ1) is 13.2. The van der Waals surface area contributed by atoms with Gasteiger partial charge in [0.15, 0.2) is 10.6 Å². The zero-order valence-electron chi connectivity index (χ0n) is 17.4. The van der Waals surface area contributed by atoms with E-state index >= 15 is 0 Å². The lowest BCUT2D eigenvalue weighted by atomic mass is 9.93. The van der Waals surface area contributed by atoms with Crippen molar-refractivity contribution in [2.75, 3.05) is 33.8 Å². The lowest BCUT2D eigenvalue weighted by Crippen LogP contribution is -2.40. The van der Waals surface area contributed by atoms with E-state index in [1.807, 2.05) is 49.9 Å². The third-order valence-corrected chi connectivity index (χ3v) is 4.56. The van der Waals surface area contributed by atoms with Crippen LogP contribution in [0.2, 0.25) is 0 Å². The van der Waals surface area contributed by atoms with Gasteiger partial charge in [-0.3, -0.25) is 14.5 Å². The van der Waals surface area contributed by atoms with Crippen molar-refractivity contribution in [3.8, 4) is 17.1 Å². The minimum atomic E-state index is 0.00701. The minimum Gasteiger partial charge on any atom is -0.494 e. The van der Waals surface area contributed by atoms with Crippen molar-refractivity contribution in [1.29, 1.82) is 0 Å². The Balaban J connectivity index is 1.98. The molecule has 28 heavy (non-hydrogen) atoms. The molecule has 1 aromatic heterocycles. The van der Waals surface area contributed by atoms with Gasteiger partial charge in [0.2, 0.25) is 5.91 Å². The Hall–Kier alpha value is -2.19. The van der Waals surface area contributed by atoms with E-state index in [1.54, 1.807) is 0 Å². The van der Waals surface area contributed by atoms with Gasteiger partial charge in [-0.05, 0) is 62.9 Å². The van der Waals surface area contributed by atoms with E-state index in [0.29, 0.717) is 36.7 Å². The predicted molar refractivity (Wildman–Crippen MR) is 114 cm³/mol. The zero-order valence-corrected chi connectivity index (χ0v) is 18.2. The second-order valence-electron chi connectivity index (χ2n) is 7.89. The first-order valence-electron chi connectivity index (χ1n) is 9.52. The van der Waals surface area contributed by atoms with Crippen LogP contribution in [-0.4, -0.2) is 59.4 Å². The molecule has 2 aromatic rings. The first-order valence-corrected chi connectivity index (χ1v) is 9.92. The Labute approximate surface area is 172 Å². The molecule has 1 aromatic carbocycles. The summed E-state index contributed by atoms with van der Waals surface area (Å²) >= 11 is 5.35. The molecule has 0 saturated heterocycles. The molecular weight excluding hydrogens is 374 g/mol. The van der Waals surface area contributed by atoms with Crippen LogP contribution in [0.15, 0.2) is 24.3 Å². The quantitative estimate of drug-likeness (QED) is 0.594. The maximum atomic E-state index is 12.3. The summed E-state index contributed by atoms with van der Waals surface area (Å²) in [6.45, 7) is 8.86. The fourth-order valence-electron chi connectivity index (χ4n) is 3.16. The lowest BCUT2D eigenvalue weighted by Gasteiger charge is -2.28. The summed E-state index contributed by atoms with van der Waals surface area (Å²) in [5.74, 6) is 1.54. The zero-order chi connectivity index (χ0) is 20.7. The van der Waals surface area contributed by atoms with E-state index < -0.39 is 0 Å². The summed E-state index contributed by atoms with van der Waals surface area (Å²) in [5, 5.41) is 10.2. The highest BCUT2D eigenvalue weighted by Gasteiger charge is 2.20. The number of hydrogen-bond acceptors (Lipinski definition) is 5. The predicted octanol–water partition coefficient (Wildman–Crippen LogP) is 3.10. The summed E-state index contributed by atoms with van der Waals surface area (Å²) in [4.78, 5) is 14.5. The molecular formula is C20H31N5O2S. The van der Waals surface area contributed by atoms with Gasteiger partial charge in [-0.15, -0.1) is 0 Å². The molecule has 1 heterocycles. The van der Waals surface area contributed by atoms with Crippen LogP contribution in [-0.2, 0) is 11.3 Å². The molecule has 0 bridgehead atoms. The molecule has 0 radical (unpaired) electrons. The van der Waals surface area contributed by atoms with Crippen molar-refractivity contribution in [3.63, 3.8) is 0 Å². The van der Waals surface area contributed by atoms with E-state index in [1.165, 1.54) is 0 Å². The Bertz CT molecular complexity index is 824. The van der Waals surface area contributed by atoms with Gasteiger partial charge in [-0.1, -0.05) is 13.8 Å². The average molecular weight is 406 g/mol. The molecule has 0 aliphatic carbocycles. The highest BCUT2D eigenvalue weighted by Crippen LogP contribution is 2.21. The van der Waals surface area contributed by atoms with Crippen LogP contribution in [0.25, 0.3) is 11.4 Å². The summed E-state index contributed by atoms with van der Waals surface area (Å²) in [6, 6.07) is 7.69. The molecule has 7 nitrogen and oxygen atoms in total. The molecule has 2 rings (SSSR count). The maximum Gasteiger partial charge on any atom is 0.221 e. The van der Waals surface area contributed by atoms with Crippen LogP contribution < -0.4 is 10.1 Å². The Kier molecular flexibility index (Phi) is 7.77. The number of carbonyl (C=O) groups excluding carboxylic acids is 1. The number of H-pyrrole nitrogens is 1. The van der Waals surface area contributed by atoms with Gasteiger partial charge >= 0.3 is 0 Å². The van der Waals surface area contributed by atoms with Crippen molar-refractivity contribution >= 4 is 18.1 Å². The van der Waals surface area contributed by atoms with Crippen LogP contribution in [0.5, 0.6) is 5.75 Å². The standard InChI is InChI=1S/C20H31N5O2S/c1-6-27-16-9-7-15(8-10-16)18-22-23-19(28)25(18)12-11-17(26)21-13-20(2,3)14-24(4)5/h7-10H,6,11-14H2,1-5H3,(H,21,26)(H,23,28). The van der Waals surface area contributed by atoms with Crippen LogP contribution >= 0.6 is 12.2 Å². The number of benzene rings is 1. The van der Waals surface area contributed by atoms with Gasteiger partial charge < -0.3 is 15.0 Å². The summed E-state index contributed by atoms with van der Waals surface area (Å²) in [7, 11) is 4.07. The van der Waals surface area contributed by atoms with Crippen molar-refractivity contribution in [2.24, 2.45) is 5.41 Å². The van der Waals surface area contributed by atoms with Gasteiger partial charge in [-0.25, -0.2) is 0 Å². The Morgan fingerprint density at radius 2 is 2.00 bits per heavy atom.